The van der Waals surface area contributed by atoms with Gasteiger partial charge in [-0.25, -0.2) is 0 Å². The minimum absolute atomic E-state index is 0.0198. The molecule has 1 unspecified atom stereocenters. The Bertz CT molecular complexity index is 735. The molecule has 0 aromatic rings. The van der Waals surface area contributed by atoms with Gasteiger partial charge in [0.2, 0.25) is 0 Å². The lowest BCUT2D eigenvalue weighted by molar-refractivity contribution is -0.150. The summed E-state index contributed by atoms with van der Waals surface area (Å²) < 4.78 is 6.02. The lowest BCUT2D eigenvalue weighted by atomic mass is 10.0. The molecule has 0 aliphatic rings. The molecule has 0 aliphatic heterocycles. The van der Waals surface area contributed by atoms with Gasteiger partial charge in [-0.3, -0.25) is 4.79 Å². The van der Waals surface area contributed by atoms with Crippen molar-refractivity contribution in [2.24, 2.45) is 0 Å². The van der Waals surface area contributed by atoms with E-state index in [2.05, 4.69) is 81.5 Å². The van der Waals surface area contributed by atoms with Gasteiger partial charge in [0.25, 0.3) is 0 Å². The number of hydrogen-bond acceptors (Lipinski definition) is 3. The molecule has 0 fully saturated rings. The Hall–Kier alpha value is -1.61. The van der Waals surface area contributed by atoms with Crippen LogP contribution in [-0.2, 0) is 9.53 Å². The van der Waals surface area contributed by atoms with Gasteiger partial charge in [0, 0.05) is 6.42 Å². The summed E-state index contributed by atoms with van der Waals surface area (Å²) in [5.74, 6) is 0.0198. The molecule has 46 heavy (non-hydrogen) atoms. The summed E-state index contributed by atoms with van der Waals surface area (Å²) in [7, 11) is 4.18. The number of hydrogen-bond donors (Lipinski definition) is 0. The number of ether oxygens (including phenoxy) is 1. The first kappa shape index (κ1) is 44.4. The predicted octanol–water partition coefficient (Wildman–Crippen LogP) is 13.6. The van der Waals surface area contributed by atoms with Crippen LogP contribution in [-0.4, -0.2) is 37.6 Å². The van der Waals surface area contributed by atoms with Crippen molar-refractivity contribution in [2.45, 2.75) is 200 Å². The van der Waals surface area contributed by atoms with E-state index < -0.39 is 0 Å². The third kappa shape index (κ3) is 36.9. The van der Waals surface area contributed by atoms with Crippen LogP contribution >= 0.6 is 0 Å². The van der Waals surface area contributed by atoms with Crippen molar-refractivity contribution in [3.63, 3.8) is 0 Å². The van der Waals surface area contributed by atoms with Crippen LogP contribution in [0.25, 0.3) is 0 Å². The van der Waals surface area contributed by atoms with Crippen LogP contribution in [0.2, 0.25) is 0 Å². The largest absolute Gasteiger partial charge is 0.462 e. The number of unbranched alkanes of at least 4 members (excludes halogenated alkanes) is 18. The molecule has 0 aliphatic carbocycles. The molecule has 1 atom stereocenters. The van der Waals surface area contributed by atoms with Gasteiger partial charge in [0.05, 0.1) is 0 Å². The van der Waals surface area contributed by atoms with Crippen molar-refractivity contribution in [3.05, 3.63) is 48.6 Å². The standard InChI is InChI=1S/C43H79NO2/c1-5-7-9-11-13-15-17-19-21-23-25-27-29-31-33-35-39-42(46-43(45)40-36-37-41-44(3)4)38-34-32-30-28-26-24-22-20-18-16-14-12-10-8-6-2/h13-16,19-22,42H,5-12,17-18,23-41H2,1-4H3/b15-13-,16-14-,21-19-,22-20-. The van der Waals surface area contributed by atoms with E-state index >= 15 is 0 Å². The molecule has 0 bridgehead atoms. The van der Waals surface area contributed by atoms with E-state index in [1.54, 1.807) is 0 Å². The van der Waals surface area contributed by atoms with Gasteiger partial charge in [-0.2, -0.15) is 0 Å². The Morgan fingerprint density at radius 1 is 0.500 bits per heavy atom. The van der Waals surface area contributed by atoms with Crippen LogP contribution in [0.15, 0.2) is 48.6 Å². The van der Waals surface area contributed by atoms with E-state index in [-0.39, 0.29) is 12.1 Å². The van der Waals surface area contributed by atoms with Crippen molar-refractivity contribution >= 4 is 5.97 Å². The molecule has 0 saturated heterocycles. The average Bonchev–Trinajstić information content (AvgIpc) is 3.04. The second-order valence-corrected chi connectivity index (χ2v) is 13.8. The van der Waals surface area contributed by atoms with Crippen LogP contribution in [0.4, 0.5) is 0 Å². The molecular weight excluding hydrogens is 562 g/mol. The number of rotatable bonds is 35. The van der Waals surface area contributed by atoms with E-state index in [0.29, 0.717) is 6.42 Å². The SMILES string of the molecule is CCCCC/C=C\C/C=C\CCCCCCCCC(CCCCCCC/C=C\C/C=C\CCCCC)OC(=O)CCCCN(C)C. The summed E-state index contributed by atoms with van der Waals surface area (Å²) in [5, 5.41) is 0. The molecule has 268 valence electrons. The van der Waals surface area contributed by atoms with Crippen molar-refractivity contribution in [1.82, 2.24) is 4.90 Å². The summed E-state index contributed by atoms with van der Waals surface area (Å²) in [5.41, 5.74) is 0. The highest BCUT2D eigenvalue weighted by molar-refractivity contribution is 5.69. The fourth-order valence-electron chi connectivity index (χ4n) is 5.75. The Morgan fingerprint density at radius 3 is 1.30 bits per heavy atom. The van der Waals surface area contributed by atoms with E-state index in [0.717, 1.165) is 45.1 Å². The van der Waals surface area contributed by atoms with Crippen LogP contribution in [0.5, 0.6) is 0 Å². The van der Waals surface area contributed by atoms with Gasteiger partial charge in [-0.1, -0.05) is 133 Å². The minimum Gasteiger partial charge on any atom is -0.462 e. The zero-order valence-electron chi connectivity index (χ0n) is 31.5. The molecule has 0 heterocycles. The Balaban J connectivity index is 4.08. The summed E-state index contributed by atoms with van der Waals surface area (Å²) in [6.07, 6.45) is 52.5. The first-order chi connectivity index (χ1) is 22.6. The summed E-state index contributed by atoms with van der Waals surface area (Å²) in [4.78, 5) is 14.8. The normalized spacial score (nSPS) is 13.0. The topological polar surface area (TPSA) is 29.5 Å². The minimum atomic E-state index is 0.0198. The lowest BCUT2D eigenvalue weighted by Crippen LogP contribution is -2.19. The maximum Gasteiger partial charge on any atom is 0.306 e. The molecule has 0 spiro atoms. The predicted molar refractivity (Wildman–Crippen MR) is 206 cm³/mol. The highest BCUT2D eigenvalue weighted by Gasteiger charge is 2.14. The number of nitrogens with zero attached hydrogens (tertiary/aromatic N) is 1. The number of esters is 1. The van der Waals surface area contributed by atoms with Crippen LogP contribution < -0.4 is 0 Å². The van der Waals surface area contributed by atoms with Gasteiger partial charge in [-0.15, -0.1) is 0 Å². The third-order valence-electron chi connectivity index (χ3n) is 8.74. The van der Waals surface area contributed by atoms with Gasteiger partial charge in [-0.05, 0) is 123 Å². The summed E-state index contributed by atoms with van der Waals surface area (Å²) in [6.45, 7) is 5.56. The fraction of sp³-hybridized carbons (Fsp3) is 0.791. The molecule has 0 aromatic carbocycles. The highest BCUT2D eigenvalue weighted by Crippen LogP contribution is 2.18. The quantitative estimate of drug-likeness (QED) is 0.0392. The van der Waals surface area contributed by atoms with Crippen molar-refractivity contribution in [1.29, 1.82) is 0 Å². The second kappa shape index (κ2) is 37.8. The van der Waals surface area contributed by atoms with Crippen molar-refractivity contribution in [2.75, 3.05) is 20.6 Å². The zero-order chi connectivity index (χ0) is 33.6. The number of allylic oxidation sites excluding steroid dienone is 8. The van der Waals surface area contributed by atoms with E-state index in [1.165, 1.54) is 135 Å². The van der Waals surface area contributed by atoms with Crippen LogP contribution in [0, 0.1) is 0 Å². The summed E-state index contributed by atoms with van der Waals surface area (Å²) in [6, 6.07) is 0. The first-order valence-electron chi connectivity index (χ1n) is 20.0. The molecule has 0 saturated carbocycles. The molecular formula is C43H79NO2. The van der Waals surface area contributed by atoms with Crippen molar-refractivity contribution < 1.29 is 9.53 Å². The zero-order valence-corrected chi connectivity index (χ0v) is 31.5. The third-order valence-corrected chi connectivity index (χ3v) is 8.74. The van der Waals surface area contributed by atoms with Gasteiger partial charge in [0.15, 0.2) is 0 Å². The first-order valence-corrected chi connectivity index (χ1v) is 20.0. The number of carbonyl (C=O) groups excluding carboxylic acids is 1. The van der Waals surface area contributed by atoms with Gasteiger partial charge >= 0.3 is 5.97 Å². The monoisotopic (exact) mass is 642 g/mol. The molecule has 0 N–H and O–H groups in total. The Labute approximate surface area is 288 Å². The fourth-order valence-corrected chi connectivity index (χ4v) is 5.75. The lowest BCUT2D eigenvalue weighted by Gasteiger charge is -2.18. The maximum absolute atomic E-state index is 12.6. The molecule has 0 aromatic heterocycles. The molecule has 0 radical (unpaired) electrons. The summed E-state index contributed by atoms with van der Waals surface area (Å²) >= 11 is 0. The van der Waals surface area contributed by atoms with E-state index in [4.69, 9.17) is 4.74 Å². The maximum atomic E-state index is 12.6. The van der Waals surface area contributed by atoms with Crippen LogP contribution in [0.1, 0.15) is 194 Å². The van der Waals surface area contributed by atoms with Crippen LogP contribution in [0.3, 0.4) is 0 Å². The Kier molecular flexibility index (Phi) is 36.5. The van der Waals surface area contributed by atoms with Gasteiger partial charge in [0.1, 0.15) is 6.10 Å². The Morgan fingerprint density at radius 2 is 0.891 bits per heavy atom. The highest BCUT2D eigenvalue weighted by atomic mass is 16.5. The number of carbonyl (C=O) groups is 1. The molecule has 0 rings (SSSR count). The smallest absolute Gasteiger partial charge is 0.306 e. The van der Waals surface area contributed by atoms with E-state index in [1.807, 2.05) is 0 Å². The molecule has 3 heteroatoms. The van der Waals surface area contributed by atoms with Gasteiger partial charge < -0.3 is 9.64 Å². The molecule has 0 amide bonds. The van der Waals surface area contributed by atoms with E-state index in [9.17, 15) is 4.79 Å². The second-order valence-electron chi connectivity index (χ2n) is 13.8. The molecule has 3 nitrogen and oxygen atoms in total. The van der Waals surface area contributed by atoms with Crippen molar-refractivity contribution in [3.8, 4) is 0 Å². The average molecular weight is 642 g/mol.